The Bertz CT molecular complexity index is 435. The van der Waals surface area contributed by atoms with E-state index in [9.17, 15) is 4.79 Å². The molecule has 5 nitrogen and oxygen atoms in total. The standard InChI is InChI=1S/C15H24N4OS/c1-21-11-5-14(16)15(20)19-9-7-18(8-10-19)12-13-4-2-3-6-17-13/h2-4,6,14H,5,7-12,16H2,1H3/t14-/m0/s1. The van der Waals surface area contributed by atoms with Crippen molar-refractivity contribution < 1.29 is 4.79 Å². The fraction of sp³-hybridized carbons (Fsp3) is 0.600. The van der Waals surface area contributed by atoms with Crippen molar-refractivity contribution in [1.82, 2.24) is 14.8 Å². The number of rotatable bonds is 6. The van der Waals surface area contributed by atoms with Crippen LogP contribution in [0.15, 0.2) is 24.4 Å². The molecule has 1 aliphatic rings. The van der Waals surface area contributed by atoms with Gasteiger partial charge in [0.2, 0.25) is 5.91 Å². The first-order valence-corrected chi connectivity index (χ1v) is 8.75. The number of aromatic nitrogens is 1. The second-order valence-corrected chi connectivity index (χ2v) is 6.30. The van der Waals surface area contributed by atoms with Gasteiger partial charge >= 0.3 is 0 Å². The first kappa shape index (κ1) is 16.3. The molecule has 2 heterocycles. The lowest BCUT2D eigenvalue weighted by atomic mass is 10.2. The third-order valence-corrected chi connectivity index (χ3v) is 4.39. The lowest BCUT2D eigenvalue weighted by Gasteiger charge is -2.35. The SMILES string of the molecule is CSCC[C@H](N)C(=O)N1CCN(Cc2ccccn2)CC1. The quantitative estimate of drug-likeness (QED) is 0.842. The minimum Gasteiger partial charge on any atom is -0.339 e. The maximum Gasteiger partial charge on any atom is 0.239 e. The Morgan fingerprint density at radius 3 is 2.76 bits per heavy atom. The number of piperazine rings is 1. The number of nitrogens with zero attached hydrogens (tertiary/aromatic N) is 3. The van der Waals surface area contributed by atoms with Crippen molar-refractivity contribution in [3.8, 4) is 0 Å². The monoisotopic (exact) mass is 308 g/mol. The largest absolute Gasteiger partial charge is 0.339 e. The van der Waals surface area contributed by atoms with E-state index in [1.807, 2.05) is 35.6 Å². The topological polar surface area (TPSA) is 62.5 Å². The Morgan fingerprint density at radius 1 is 1.38 bits per heavy atom. The van der Waals surface area contributed by atoms with Crippen LogP contribution in [0.1, 0.15) is 12.1 Å². The zero-order chi connectivity index (χ0) is 15.1. The van der Waals surface area contributed by atoms with Gasteiger partial charge in [-0.05, 0) is 30.6 Å². The van der Waals surface area contributed by atoms with E-state index >= 15 is 0 Å². The molecular formula is C15H24N4OS. The Morgan fingerprint density at radius 2 is 2.14 bits per heavy atom. The fourth-order valence-electron chi connectivity index (χ4n) is 2.45. The summed E-state index contributed by atoms with van der Waals surface area (Å²) in [5, 5.41) is 0. The molecule has 1 amide bonds. The summed E-state index contributed by atoms with van der Waals surface area (Å²) in [6.45, 7) is 4.15. The van der Waals surface area contributed by atoms with Gasteiger partial charge < -0.3 is 10.6 Å². The van der Waals surface area contributed by atoms with E-state index in [1.165, 1.54) is 0 Å². The fourth-order valence-corrected chi connectivity index (χ4v) is 2.94. The molecule has 0 unspecified atom stereocenters. The highest BCUT2D eigenvalue weighted by molar-refractivity contribution is 7.98. The van der Waals surface area contributed by atoms with E-state index in [4.69, 9.17) is 5.73 Å². The summed E-state index contributed by atoms with van der Waals surface area (Å²) in [4.78, 5) is 20.8. The molecule has 0 spiro atoms. The van der Waals surface area contributed by atoms with Crippen molar-refractivity contribution in [3.05, 3.63) is 30.1 Å². The molecule has 1 saturated heterocycles. The van der Waals surface area contributed by atoms with Crippen LogP contribution >= 0.6 is 11.8 Å². The van der Waals surface area contributed by atoms with Gasteiger partial charge in [-0.3, -0.25) is 14.7 Å². The number of carbonyl (C=O) groups excluding carboxylic acids is 1. The van der Waals surface area contributed by atoms with Crippen LogP contribution in [0.25, 0.3) is 0 Å². The minimum atomic E-state index is -0.347. The van der Waals surface area contributed by atoms with Gasteiger partial charge in [-0.15, -0.1) is 0 Å². The molecule has 1 fully saturated rings. The van der Waals surface area contributed by atoms with E-state index in [2.05, 4.69) is 9.88 Å². The van der Waals surface area contributed by atoms with Crippen LogP contribution in [0.5, 0.6) is 0 Å². The number of hydrogen-bond donors (Lipinski definition) is 1. The molecule has 21 heavy (non-hydrogen) atoms. The molecule has 1 aromatic rings. The first-order valence-electron chi connectivity index (χ1n) is 7.36. The van der Waals surface area contributed by atoms with Crippen molar-refractivity contribution in [2.45, 2.75) is 19.0 Å². The van der Waals surface area contributed by atoms with Gasteiger partial charge in [-0.2, -0.15) is 11.8 Å². The van der Waals surface area contributed by atoms with Gasteiger partial charge in [-0.1, -0.05) is 6.07 Å². The second kappa shape index (κ2) is 8.36. The Hall–Kier alpha value is -1.11. The Labute approximate surface area is 130 Å². The van der Waals surface area contributed by atoms with Crippen molar-refractivity contribution >= 4 is 17.7 Å². The molecule has 0 aromatic carbocycles. The molecule has 0 aliphatic carbocycles. The van der Waals surface area contributed by atoms with E-state index in [1.54, 1.807) is 11.8 Å². The lowest BCUT2D eigenvalue weighted by molar-refractivity contribution is -0.134. The molecule has 0 bridgehead atoms. The van der Waals surface area contributed by atoms with Crippen LogP contribution in [0.2, 0.25) is 0 Å². The summed E-state index contributed by atoms with van der Waals surface area (Å²) in [6.07, 6.45) is 4.61. The number of thioether (sulfide) groups is 1. The van der Waals surface area contributed by atoms with Gasteiger partial charge in [0, 0.05) is 38.9 Å². The molecular weight excluding hydrogens is 284 g/mol. The summed E-state index contributed by atoms with van der Waals surface area (Å²) >= 11 is 1.73. The Balaban J connectivity index is 1.76. The summed E-state index contributed by atoms with van der Waals surface area (Å²) in [6, 6.07) is 5.62. The molecule has 6 heteroatoms. The summed E-state index contributed by atoms with van der Waals surface area (Å²) < 4.78 is 0. The van der Waals surface area contributed by atoms with E-state index in [0.717, 1.165) is 50.6 Å². The molecule has 1 atom stereocenters. The summed E-state index contributed by atoms with van der Waals surface area (Å²) in [7, 11) is 0. The maximum absolute atomic E-state index is 12.2. The Kier molecular flexibility index (Phi) is 6.48. The second-order valence-electron chi connectivity index (χ2n) is 5.31. The molecule has 0 saturated carbocycles. The van der Waals surface area contributed by atoms with Crippen molar-refractivity contribution in [1.29, 1.82) is 0 Å². The number of nitrogens with two attached hydrogens (primary N) is 1. The van der Waals surface area contributed by atoms with Crippen LogP contribution in [0.4, 0.5) is 0 Å². The number of pyridine rings is 1. The highest BCUT2D eigenvalue weighted by atomic mass is 32.2. The highest BCUT2D eigenvalue weighted by Gasteiger charge is 2.24. The van der Waals surface area contributed by atoms with Gasteiger partial charge in [0.25, 0.3) is 0 Å². The molecule has 1 aromatic heterocycles. The zero-order valence-electron chi connectivity index (χ0n) is 12.6. The summed E-state index contributed by atoms with van der Waals surface area (Å²) in [5.74, 6) is 1.04. The molecule has 0 radical (unpaired) electrons. The smallest absolute Gasteiger partial charge is 0.239 e. The van der Waals surface area contributed by atoms with Crippen LogP contribution in [-0.2, 0) is 11.3 Å². The van der Waals surface area contributed by atoms with Gasteiger partial charge in [0.15, 0.2) is 0 Å². The zero-order valence-corrected chi connectivity index (χ0v) is 13.4. The molecule has 2 rings (SSSR count). The predicted molar refractivity (Wildman–Crippen MR) is 87.1 cm³/mol. The molecule has 1 aliphatic heterocycles. The number of hydrogen-bond acceptors (Lipinski definition) is 5. The number of amides is 1. The third-order valence-electron chi connectivity index (χ3n) is 3.75. The van der Waals surface area contributed by atoms with Crippen LogP contribution in [0, 0.1) is 0 Å². The third kappa shape index (κ3) is 4.98. The van der Waals surface area contributed by atoms with E-state index in [0.29, 0.717) is 0 Å². The van der Waals surface area contributed by atoms with Gasteiger partial charge in [-0.25, -0.2) is 0 Å². The highest BCUT2D eigenvalue weighted by Crippen LogP contribution is 2.09. The average Bonchev–Trinajstić information content (AvgIpc) is 2.53. The lowest BCUT2D eigenvalue weighted by Crippen LogP contribution is -2.53. The first-order chi connectivity index (χ1) is 10.2. The van der Waals surface area contributed by atoms with Crippen molar-refractivity contribution in [2.75, 3.05) is 38.2 Å². The summed E-state index contributed by atoms with van der Waals surface area (Å²) in [5.41, 5.74) is 7.04. The van der Waals surface area contributed by atoms with Gasteiger partial charge in [0.05, 0.1) is 11.7 Å². The van der Waals surface area contributed by atoms with Crippen molar-refractivity contribution in [3.63, 3.8) is 0 Å². The normalized spacial score (nSPS) is 17.7. The minimum absolute atomic E-state index is 0.0986. The molecule has 2 N–H and O–H groups in total. The number of carbonyl (C=O) groups is 1. The predicted octanol–water partition coefficient (Wildman–Crippen LogP) is 0.806. The van der Waals surface area contributed by atoms with Crippen LogP contribution in [-0.4, -0.2) is 64.9 Å². The maximum atomic E-state index is 12.2. The van der Waals surface area contributed by atoms with Crippen LogP contribution < -0.4 is 5.73 Å². The van der Waals surface area contributed by atoms with E-state index < -0.39 is 0 Å². The van der Waals surface area contributed by atoms with Crippen molar-refractivity contribution in [2.24, 2.45) is 5.73 Å². The average molecular weight is 308 g/mol. The van der Waals surface area contributed by atoms with Crippen LogP contribution in [0.3, 0.4) is 0 Å². The van der Waals surface area contributed by atoms with Gasteiger partial charge in [0.1, 0.15) is 0 Å². The van der Waals surface area contributed by atoms with E-state index in [-0.39, 0.29) is 11.9 Å². The molecule has 116 valence electrons.